The highest BCUT2D eigenvalue weighted by molar-refractivity contribution is 6.32. The van der Waals surface area contributed by atoms with Crippen LogP contribution in [0.1, 0.15) is 48.4 Å². The molecule has 28 heavy (non-hydrogen) atoms. The average molecular weight is 392 g/mol. The van der Waals surface area contributed by atoms with Crippen molar-refractivity contribution in [1.29, 1.82) is 0 Å². The first-order chi connectivity index (χ1) is 13.6. The van der Waals surface area contributed by atoms with Crippen molar-refractivity contribution in [3.63, 3.8) is 0 Å². The molecule has 3 aromatic rings. The molecule has 0 atom stereocenters. The number of carbonyl (C=O) groups is 1. The second-order valence-electron chi connectivity index (χ2n) is 6.89. The number of amides is 1. The van der Waals surface area contributed by atoms with E-state index < -0.39 is 0 Å². The topological polar surface area (TPSA) is 29.1 Å². The predicted molar refractivity (Wildman–Crippen MR) is 118 cm³/mol. The maximum atomic E-state index is 13.1. The van der Waals surface area contributed by atoms with E-state index in [0.717, 1.165) is 40.8 Å². The van der Waals surface area contributed by atoms with Gasteiger partial charge in [0, 0.05) is 23.0 Å². The Balaban J connectivity index is 1.89. The molecule has 0 aliphatic carbocycles. The summed E-state index contributed by atoms with van der Waals surface area (Å²) in [7, 11) is 0. The fourth-order valence-electron chi connectivity index (χ4n) is 3.64. The van der Waals surface area contributed by atoms with Crippen LogP contribution in [0.4, 0.5) is 5.69 Å². The highest BCUT2D eigenvalue weighted by Crippen LogP contribution is 2.32. The fourth-order valence-corrected chi connectivity index (χ4v) is 3.93. The van der Waals surface area contributed by atoms with Gasteiger partial charge in [-0.25, -0.2) is 0 Å². The van der Waals surface area contributed by atoms with Crippen LogP contribution in [0.2, 0.25) is 5.02 Å². The van der Waals surface area contributed by atoms with Gasteiger partial charge < -0.3 is 5.32 Å². The zero-order valence-corrected chi connectivity index (χ0v) is 17.2. The van der Waals surface area contributed by atoms with Crippen LogP contribution in [-0.2, 0) is 17.6 Å². The van der Waals surface area contributed by atoms with E-state index in [0.29, 0.717) is 11.4 Å². The molecule has 0 radical (unpaired) electrons. The van der Waals surface area contributed by atoms with Crippen molar-refractivity contribution in [2.75, 3.05) is 5.32 Å². The zero-order chi connectivity index (χ0) is 19.9. The third-order valence-electron chi connectivity index (χ3n) is 5.13. The van der Waals surface area contributed by atoms with Crippen LogP contribution in [0.25, 0.3) is 0 Å². The summed E-state index contributed by atoms with van der Waals surface area (Å²) in [5, 5.41) is 3.87. The minimum Gasteiger partial charge on any atom is -0.326 e. The van der Waals surface area contributed by atoms with Gasteiger partial charge in [0.15, 0.2) is 0 Å². The summed E-state index contributed by atoms with van der Waals surface area (Å²) in [6, 6.07) is 24.3. The molecule has 0 aliphatic heterocycles. The van der Waals surface area contributed by atoms with Gasteiger partial charge >= 0.3 is 0 Å². The summed E-state index contributed by atoms with van der Waals surface area (Å²) in [4.78, 5) is 13.1. The Kier molecular flexibility index (Phi) is 6.89. The number of benzene rings is 3. The molecule has 0 spiro atoms. The van der Waals surface area contributed by atoms with Gasteiger partial charge in [-0.05, 0) is 41.2 Å². The molecular formula is C25H26ClNO. The Morgan fingerprint density at radius 3 is 1.93 bits per heavy atom. The van der Waals surface area contributed by atoms with Crippen LogP contribution in [0.3, 0.4) is 0 Å². The molecule has 3 rings (SSSR count). The standard InChI is InChI=1S/C25H26ClNO/c1-3-18-15-16-23(26)21(4-2)25(18)27-24(28)17-22(19-11-7-5-8-12-19)20-13-9-6-10-14-20/h5-16,22H,3-4,17H2,1-2H3,(H,27,28). The van der Waals surface area contributed by atoms with Crippen molar-refractivity contribution in [2.45, 2.75) is 39.0 Å². The Morgan fingerprint density at radius 2 is 1.43 bits per heavy atom. The molecule has 144 valence electrons. The molecule has 1 amide bonds. The van der Waals surface area contributed by atoms with Gasteiger partial charge in [-0.15, -0.1) is 0 Å². The number of halogens is 1. The van der Waals surface area contributed by atoms with Crippen LogP contribution in [0, 0.1) is 0 Å². The number of carbonyl (C=O) groups excluding carboxylic acids is 1. The summed E-state index contributed by atoms with van der Waals surface area (Å²) < 4.78 is 0. The van der Waals surface area contributed by atoms with E-state index in [2.05, 4.69) is 43.4 Å². The first-order valence-corrected chi connectivity index (χ1v) is 10.2. The van der Waals surface area contributed by atoms with E-state index >= 15 is 0 Å². The van der Waals surface area contributed by atoms with Gasteiger partial charge in [-0.2, -0.15) is 0 Å². The first kappa shape index (κ1) is 20.2. The maximum Gasteiger partial charge on any atom is 0.225 e. The maximum absolute atomic E-state index is 13.1. The van der Waals surface area contributed by atoms with Crippen LogP contribution in [0.15, 0.2) is 72.8 Å². The first-order valence-electron chi connectivity index (χ1n) is 9.84. The van der Waals surface area contributed by atoms with Crippen molar-refractivity contribution in [1.82, 2.24) is 0 Å². The summed E-state index contributed by atoms with van der Waals surface area (Å²) in [6.45, 7) is 4.15. The molecular weight excluding hydrogens is 366 g/mol. The molecule has 0 aliphatic rings. The third kappa shape index (κ3) is 4.63. The monoisotopic (exact) mass is 391 g/mol. The minimum atomic E-state index is 0.00405. The molecule has 3 heteroatoms. The second-order valence-corrected chi connectivity index (χ2v) is 7.30. The Labute approximate surface area is 172 Å². The fraction of sp³-hybridized carbons (Fsp3) is 0.240. The highest BCUT2D eigenvalue weighted by Gasteiger charge is 2.20. The van der Waals surface area contributed by atoms with Gasteiger partial charge in [0.25, 0.3) is 0 Å². The molecule has 2 nitrogen and oxygen atoms in total. The molecule has 0 unspecified atom stereocenters. The molecule has 1 N–H and O–H groups in total. The number of hydrogen-bond donors (Lipinski definition) is 1. The van der Waals surface area contributed by atoms with Crippen molar-refractivity contribution in [3.05, 3.63) is 100 Å². The Morgan fingerprint density at radius 1 is 0.857 bits per heavy atom. The van der Waals surface area contributed by atoms with Gasteiger partial charge in [-0.1, -0.05) is 92.2 Å². The number of nitrogens with one attached hydrogen (secondary N) is 1. The lowest BCUT2D eigenvalue weighted by atomic mass is 9.88. The number of aryl methyl sites for hydroxylation is 1. The van der Waals surface area contributed by atoms with Crippen molar-refractivity contribution < 1.29 is 4.79 Å². The lowest BCUT2D eigenvalue weighted by Gasteiger charge is -2.20. The van der Waals surface area contributed by atoms with E-state index in [1.165, 1.54) is 0 Å². The number of anilines is 1. The number of hydrogen-bond acceptors (Lipinski definition) is 1. The third-order valence-corrected chi connectivity index (χ3v) is 5.49. The lowest BCUT2D eigenvalue weighted by molar-refractivity contribution is -0.116. The molecule has 0 bridgehead atoms. The summed E-state index contributed by atoms with van der Waals surface area (Å²) in [5.41, 5.74) is 5.28. The van der Waals surface area contributed by atoms with Gasteiger partial charge in [-0.3, -0.25) is 4.79 Å². The predicted octanol–water partition coefficient (Wildman–Crippen LogP) is 6.63. The lowest BCUT2D eigenvalue weighted by Crippen LogP contribution is -2.18. The number of rotatable bonds is 7. The SMILES string of the molecule is CCc1ccc(Cl)c(CC)c1NC(=O)CC(c1ccccc1)c1ccccc1. The van der Waals surface area contributed by atoms with Crippen LogP contribution >= 0.6 is 11.6 Å². The smallest absolute Gasteiger partial charge is 0.225 e. The molecule has 0 saturated carbocycles. The van der Waals surface area contributed by atoms with Gasteiger partial charge in [0.05, 0.1) is 0 Å². The van der Waals surface area contributed by atoms with Crippen LogP contribution in [0.5, 0.6) is 0 Å². The van der Waals surface area contributed by atoms with Crippen LogP contribution < -0.4 is 5.32 Å². The Bertz CT molecular complexity index is 883. The summed E-state index contributed by atoms with van der Waals surface area (Å²) >= 11 is 6.39. The van der Waals surface area contributed by atoms with E-state index in [9.17, 15) is 4.79 Å². The molecule has 0 fully saturated rings. The molecule has 3 aromatic carbocycles. The van der Waals surface area contributed by atoms with E-state index in [1.54, 1.807) is 0 Å². The van der Waals surface area contributed by atoms with Gasteiger partial charge in [0.1, 0.15) is 0 Å². The van der Waals surface area contributed by atoms with E-state index in [1.807, 2.05) is 48.5 Å². The quantitative estimate of drug-likeness (QED) is 0.481. The van der Waals surface area contributed by atoms with E-state index in [-0.39, 0.29) is 11.8 Å². The molecule has 0 saturated heterocycles. The van der Waals surface area contributed by atoms with Crippen molar-refractivity contribution in [3.8, 4) is 0 Å². The highest BCUT2D eigenvalue weighted by atomic mass is 35.5. The normalized spacial score (nSPS) is 10.9. The zero-order valence-electron chi connectivity index (χ0n) is 16.4. The minimum absolute atomic E-state index is 0.00405. The van der Waals surface area contributed by atoms with Crippen molar-refractivity contribution >= 4 is 23.2 Å². The molecule has 0 aromatic heterocycles. The van der Waals surface area contributed by atoms with E-state index in [4.69, 9.17) is 11.6 Å². The summed E-state index contributed by atoms with van der Waals surface area (Å²) in [6.07, 6.45) is 2.01. The second kappa shape index (κ2) is 9.57. The van der Waals surface area contributed by atoms with Crippen molar-refractivity contribution in [2.24, 2.45) is 0 Å². The average Bonchev–Trinajstić information content (AvgIpc) is 2.74. The van der Waals surface area contributed by atoms with Gasteiger partial charge in [0.2, 0.25) is 5.91 Å². The Hall–Kier alpha value is -2.58. The largest absolute Gasteiger partial charge is 0.326 e. The molecule has 0 heterocycles. The summed E-state index contributed by atoms with van der Waals surface area (Å²) in [5.74, 6) is 0.0149. The van der Waals surface area contributed by atoms with Crippen LogP contribution in [-0.4, -0.2) is 5.91 Å².